The number of nitrogens with zero attached hydrogens (tertiary/aromatic N) is 1. The van der Waals surface area contributed by atoms with Crippen LogP contribution in [0, 0.1) is 0 Å². The van der Waals surface area contributed by atoms with Crippen LogP contribution in [-0.4, -0.2) is 43.0 Å². The molecule has 0 spiro atoms. The predicted molar refractivity (Wildman–Crippen MR) is 71.7 cm³/mol. The second-order valence-electron chi connectivity index (χ2n) is 4.53. The Labute approximate surface area is 112 Å². The first-order valence-electron chi connectivity index (χ1n) is 6.36. The highest BCUT2D eigenvalue weighted by atomic mass is 16.5. The second-order valence-corrected chi connectivity index (χ2v) is 4.53. The van der Waals surface area contributed by atoms with Gasteiger partial charge in [0.05, 0.1) is 0 Å². The van der Waals surface area contributed by atoms with Gasteiger partial charge < -0.3 is 15.0 Å². The van der Waals surface area contributed by atoms with E-state index in [1.165, 1.54) is 7.11 Å². The van der Waals surface area contributed by atoms with Crippen LogP contribution in [-0.2, 0) is 14.3 Å². The van der Waals surface area contributed by atoms with Crippen LogP contribution in [0.25, 0.3) is 0 Å². The van der Waals surface area contributed by atoms with Crippen LogP contribution in [0.2, 0.25) is 0 Å². The fourth-order valence-electron chi connectivity index (χ4n) is 2.29. The zero-order valence-corrected chi connectivity index (χ0v) is 11.0. The van der Waals surface area contributed by atoms with Gasteiger partial charge in [-0.2, -0.15) is 0 Å². The third kappa shape index (κ3) is 3.32. The topological polar surface area (TPSA) is 58.6 Å². The summed E-state index contributed by atoms with van der Waals surface area (Å²) in [5.74, 6) is -0.263. The van der Waals surface area contributed by atoms with Gasteiger partial charge in [-0.1, -0.05) is 18.2 Å². The molecule has 102 valence electrons. The van der Waals surface area contributed by atoms with Gasteiger partial charge in [-0.05, 0) is 25.0 Å². The molecular formula is C14H18N2O3. The summed E-state index contributed by atoms with van der Waals surface area (Å²) in [4.78, 5) is 25.6. The first kappa shape index (κ1) is 13.5. The quantitative estimate of drug-likeness (QED) is 0.888. The van der Waals surface area contributed by atoms with E-state index < -0.39 is 0 Å². The van der Waals surface area contributed by atoms with E-state index in [1.807, 2.05) is 30.3 Å². The smallest absolute Gasteiger partial charge is 0.249 e. The minimum absolute atomic E-state index is 0.0229. The van der Waals surface area contributed by atoms with Crippen LogP contribution >= 0.6 is 0 Å². The Balaban J connectivity index is 2.00. The fourth-order valence-corrected chi connectivity index (χ4v) is 2.29. The Kier molecular flexibility index (Phi) is 4.52. The molecule has 0 radical (unpaired) electrons. The molecule has 1 saturated heterocycles. The number of amides is 2. The summed E-state index contributed by atoms with van der Waals surface area (Å²) in [6, 6.07) is 8.88. The van der Waals surface area contributed by atoms with E-state index in [9.17, 15) is 9.59 Å². The summed E-state index contributed by atoms with van der Waals surface area (Å²) in [5, 5.41) is 2.84. The molecule has 0 aliphatic carbocycles. The summed E-state index contributed by atoms with van der Waals surface area (Å²) in [6.07, 6.45) is 1.55. The van der Waals surface area contributed by atoms with Gasteiger partial charge in [-0.25, -0.2) is 0 Å². The van der Waals surface area contributed by atoms with Crippen LogP contribution in [0.1, 0.15) is 12.8 Å². The van der Waals surface area contributed by atoms with Crippen molar-refractivity contribution in [2.45, 2.75) is 18.9 Å². The van der Waals surface area contributed by atoms with Crippen molar-refractivity contribution in [1.82, 2.24) is 4.90 Å². The third-order valence-electron chi connectivity index (χ3n) is 3.18. The molecule has 1 aliphatic heterocycles. The van der Waals surface area contributed by atoms with Crippen molar-refractivity contribution >= 4 is 17.5 Å². The highest BCUT2D eigenvalue weighted by Crippen LogP contribution is 2.19. The monoisotopic (exact) mass is 262 g/mol. The standard InChI is InChI=1S/C14H18N2O3/c1-19-10-13(17)16-9-5-8-12(16)14(18)15-11-6-3-2-4-7-11/h2-4,6-7,12H,5,8-10H2,1H3,(H,15,18)/t12-/m1/s1. The zero-order valence-electron chi connectivity index (χ0n) is 11.0. The maximum absolute atomic E-state index is 12.2. The number of likely N-dealkylation sites (tertiary alicyclic amines) is 1. The Morgan fingerprint density at radius 3 is 2.79 bits per heavy atom. The molecule has 1 aromatic rings. The lowest BCUT2D eigenvalue weighted by molar-refractivity contribution is -0.139. The average molecular weight is 262 g/mol. The van der Waals surface area contributed by atoms with E-state index in [-0.39, 0.29) is 24.5 Å². The molecule has 1 fully saturated rings. The number of anilines is 1. The van der Waals surface area contributed by atoms with Crippen LogP contribution in [0.4, 0.5) is 5.69 Å². The summed E-state index contributed by atoms with van der Waals surface area (Å²) in [5.41, 5.74) is 0.749. The van der Waals surface area contributed by atoms with Gasteiger partial charge in [-0.3, -0.25) is 9.59 Å². The lowest BCUT2D eigenvalue weighted by Crippen LogP contribution is -2.44. The number of hydrogen-bond donors (Lipinski definition) is 1. The lowest BCUT2D eigenvalue weighted by atomic mass is 10.2. The van der Waals surface area contributed by atoms with Gasteiger partial charge in [0.1, 0.15) is 12.6 Å². The zero-order chi connectivity index (χ0) is 13.7. The van der Waals surface area contributed by atoms with Crippen molar-refractivity contribution in [3.05, 3.63) is 30.3 Å². The first-order chi connectivity index (χ1) is 9.22. The SMILES string of the molecule is COCC(=O)N1CCC[C@@H]1C(=O)Nc1ccccc1. The van der Waals surface area contributed by atoms with E-state index in [0.717, 1.165) is 12.1 Å². The molecule has 5 heteroatoms. The molecule has 1 aromatic carbocycles. The van der Waals surface area contributed by atoms with Crippen molar-refractivity contribution in [2.75, 3.05) is 25.6 Å². The number of methoxy groups -OCH3 is 1. The van der Waals surface area contributed by atoms with Crippen LogP contribution in [0.15, 0.2) is 30.3 Å². The average Bonchev–Trinajstić information content (AvgIpc) is 2.89. The predicted octanol–water partition coefficient (Wildman–Crippen LogP) is 1.26. The summed E-state index contributed by atoms with van der Waals surface area (Å²) < 4.78 is 4.84. The van der Waals surface area contributed by atoms with E-state index in [1.54, 1.807) is 4.90 Å². The van der Waals surface area contributed by atoms with Crippen LogP contribution in [0.5, 0.6) is 0 Å². The molecule has 1 aliphatic rings. The van der Waals surface area contributed by atoms with Crippen LogP contribution < -0.4 is 5.32 Å². The third-order valence-corrected chi connectivity index (χ3v) is 3.18. The van der Waals surface area contributed by atoms with Crippen molar-refractivity contribution < 1.29 is 14.3 Å². The van der Waals surface area contributed by atoms with E-state index in [2.05, 4.69) is 5.32 Å². The molecular weight excluding hydrogens is 244 g/mol. The molecule has 1 heterocycles. The molecule has 0 saturated carbocycles. The molecule has 0 unspecified atom stereocenters. The van der Waals surface area contributed by atoms with Gasteiger partial charge in [0.15, 0.2) is 0 Å². The number of nitrogens with one attached hydrogen (secondary N) is 1. The first-order valence-corrected chi connectivity index (χ1v) is 6.36. The van der Waals surface area contributed by atoms with Gasteiger partial charge in [0.2, 0.25) is 11.8 Å². The number of benzene rings is 1. The molecule has 1 atom stereocenters. The van der Waals surface area contributed by atoms with Gasteiger partial charge >= 0.3 is 0 Å². The Bertz CT molecular complexity index is 447. The second kappa shape index (κ2) is 6.33. The van der Waals surface area contributed by atoms with Gasteiger partial charge in [0.25, 0.3) is 0 Å². The number of carbonyl (C=O) groups is 2. The highest BCUT2D eigenvalue weighted by Gasteiger charge is 2.33. The highest BCUT2D eigenvalue weighted by molar-refractivity contribution is 5.97. The van der Waals surface area contributed by atoms with Crippen molar-refractivity contribution in [3.8, 4) is 0 Å². The maximum Gasteiger partial charge on any atom is 0.249 e. The Hall–Kier alpha value is -1.88. The summed E-state index contributed by atoms with van der Waals surface area (Å²) >= 11 is 0. The molecule has 2 amide bonds. The van der Waals surface area contributed by atoms with E-state index in [0.29, 0.717) is 13.0 Å². The molecule has 0 bridgehead atoms. The minimum atomic E-state index is -0.386. The summed E-state index contributed by atoms with van der Waals surface area (Å²) in [6.45, 7) is 0.643. The number of para-hydroxylation sites is 1. The number of rotatable bonds is 4. The van der Waals surface area contributed by atoms with E-state index >= 15 is 0 Å². The lowest BCUT2D eigenvalue weighted by Gasteiger charge is -2.23. The fraction of sp³-hybridized carbons (Fsp3) is 0.429. The molecule has 5 nitrogen and oxygen atoms in total. The van der Waals surface area contributed by atoms with Crippen molar-refractivity contribution in [3.63, 3.8) is 0 Å². The van der Waals surface area contributed by atoms with Crippen molar-refractivity contribution in [2.24, 2.45) is 0 Å². The molecule has 2 rings (SSSR count). The minimum Gasteiger partial charge on any atom is -0.375 e. The van der Waals surface area contributed by atoms with Crippen LogP contribution in [0.3, 0.4) is 0 Å². The number of carbonyl (C=O) groups excluding carboxylic acids is 2. The maximum atomic E-state index is 12.2. The number of ether oxygens (including phenoxy) is 1. The number of hydrogen-bond acceptors (Lipinski definition) is 3. The Morgan fingerprint density at radius 1 is 1.37 bits per heavy atom. The molecule has 0 aromatic heterocycles. The van der Waals surface area contributed by atoms with Gasteiger partial charge in [0, 0.05) is 19.3 Å². The Morgan fingerprint density at radius 2 is 2.11 bits per heavy atom. The van der Waals surface area contributed by atoms with Crippen molar-refractivity contribution in [1.29, 1.82) is 0 Å². The summed E-state index contributed by atoms with van der Waals surface area (Å²) in [7, 11) is 1.48. The molecule has 1 N–H and O–H groups in total. The van der Waals surface area contributed by atoms with Gasteiger partial charge in [-0.15, -0.1) is 0 Å². The van der Waals surface area contributed by atoms with E-state index in [4.69, 9.17) is 4.74 Å². The normalized spacial score (nSPS) is 18.4. The molecule has 19 heavy (non-hydrogen) atoms. The largest absolute Gasteiger partial charge is 0.375 e.